The van der Waals surface area contributed by atoms with E-state index >= 15 is 0 Å². The molecule has 4 nitrogen and oxygen atoms in total. The van der Waals surface area contributed by atoms with E-state index in [1.54, 1.807) is 7.11 Å². The summed E-state index contributed by atoms with van der Waals surface area (Å²) in [5, 5.41) is 8.67. The fraction of sp³-hybridized carbons (Fsp3) is 0.429. The van der Waals surface area contributed by atoms with Crippen molar-refractivity contribution in [3.8, 4) is 5.75 Å². The minimum Gasteiger partial charge on any atom is -0.497 e. The Bertz CT molecular complexity index is 550. The van der Waals surface area contributed by atoms with Gasteiger partial charge in [0.2, 0.25) is 0 Å². The highest BCUT2D eigenvalue weighted by Gasteiger charge is 2.14. The van der Waals surface area contributed by atoms with Crippen molar-refractivity contribution >= 4 is 11.8 Å². The minimum absolute atomic E-state index is 0.835. The van der Waals surface area contributed by atoms with Crippen molar-refractivity contribution in [2.75, 3.05) is 18.6 Å². The Morgan fingerprint density at radius 3 is 2.84 bits per heavy atom. The lowest BCUT2D eigenvalue weighted by atomic mass is 10.1. The molecule has 0 saturated heterocycles. The first-order chi connectivity index (χ1) is 9.36. The number of nitrogens with zero attached hydrogens (tertiary/aromatic N) is 3. The number of hydrogen-bond donors (Lipinski definition) is 0. The van der Waals surface area contributed by atoms with Crippen molar-refractivity contribution in [3.05, 3.63) is 41.5 Å². The SMILES string of the molecule is COc1ccc(Cc2nnc3n2CCSCC3)cc1. The van der Waals surface area contributed by atoms with Gasteiger partial charge in [-0.25, -0.2) is 0 Å². The van der Waals surface area contributed by atoms with E-state index in [2.05, 4.69) is 26.9 Å². The standard InChI is InChI=1S/C14H17N3OS/c1-18-12-4-2-11(3-5-12)10-14-16-15-13-6-8-19-9-7-17(13)14/h2-5H,6-10H2,1H3. The highest BCUT2D eigenvalue weighted by Crippen LogP contribution is 2.18. The van der Waals surface area contributed by atoms with E-state index < -0.39 is 0 Å². The van der Waals surface area contributed by atoms with Crippen LogP contribution in [0.4, 0.5) is 0 Å². The molecule has 0 saturated carbocycles. The third-order valence-corrected chi connectivity index (χ3v) is 4.32. The molecule has 0 N–H and O–H groups in total. The highest BCUT2D eigenvalue weighted by molar-refractivity contribution is 7.99. The maximum absolute atomic E-state index is 5.18. The van der Waals surface area contributed by atoms with E-state index in [-0.39, 0.29) is 0 Å². The number of methoxy groups -OCH3 is 1. The Kier molecular flexibility index (Phi) is 3.73. The van der Waals surface area contributed by atoms with Crippen LogP contribution in [0.3, 0.4) is 0 Å². The zero-order valence-electron chi connectivity index (χ0n) is 11.0. The van der Waals surface area contributed by atoms with E-state index in [0.717, 1.165) is 48.3 Å². The van der Waals surface area contributed by atoms with Gasteiger partial charge in [-0.3, -0.25) is 0 Å². The molecule has 0 aliphatic carbocycles. The van der Waals surface area contributed by atoms with Gasteiger partial charge < -0.3 is 9.30 Å². The largest absolute Gasteiger partial charge is 0.497 e. The molecule has 1 aromatic carbocycles. The van der Waals surface area contributed by atoms with Gasteiger partial charge in [0, 0.05) is 30.9 Å². The van der Waals surface area contributed by atoms with Crippen LogP contribution in [-0.2, 0) is 19.4 Å². The molecule has 0 atom stereocenters. The van der Waals surface area contributed by atoms with Crippen molar-refractivity contribution in [2.24, 2.45) is 0 Å². The van der Waals surface area contributed by atoms with E-state index in [9.17, 15) is 0 Å². The van der Waals surface area contributed by atoms with Crippen LogP contribution >= 0.6 is 11.8 Å². The molecule has 0 fully saturated rings. The molecule has 2 aromatic rings. The Hall–Kier alpha value is -1.49. The van der Waals surface area contributed by atoms with Crippen molar-refractivity contribution < 1.29 is 4.74 Å². The second-order valence-corrected chi connectivity index (χ2v) is 5.80. The molecule has 0 unspecified atom stereocenters. The fourth-order valence-electron chi connectivity index (χ4n) is 2.29. The molecule has 3 rings (SSSR count). The Labute approximate surface area is 117 Å². The summed E-state index contributed by atoms with van der Waals surface area (Å²) in [4.78, 5) is 0. The van der Waals surface area contributed by atoms with Crippen LogP contribution in [-0.4, -0.2) is 33.4 Å². The predicted molar refractivity (Wildman–Crippen MR) is 76.9 cm³/mol. The molecule has 1 aliphatic rings. The number of aryl methyl sites for hydroxylation is 1. The minimum atomic E-state index is 0.835. The van der Waals surface area contributed by atoms with E-state index in [1.807, 2.05) is 23.9 Å². The normalized spacial score (nSPS) is 14.8. The summed E-state index contributed by atoms with van der Waals surface area (Å²) in [7, 11) is 1.69. The summed E-state index contributed by atoms with van der Waals surface area (Å²) in [6.07, 6.45) is 1.86. The maximum Gasteiger partial charge on any atom is 0.137 e. The number of thioether (sulfide) groups is 1. The number of ether oxygens (including phenoxy) is 1. The third kappa shape index (κ3) is 2.76. The van der Waals surface area contributed by atoms with Gasteiger partial charge in [-0.15, -0.1) is 10.2 Å². The molecule has 0 bridgehead atoms. The van der Waals surface area contributed by atoms with Crippen molar-refractivity contribution in [3.63, 3.8) is 0 Å². The smallest absolute Gasteiger partial charge is 0.137 e. The number of rotatable bonds is 3. The summed E-state index contributed by atoms with van der Waals surface area (Å²) >= 11 is 1.99. The Morgan fingerprint density at radius 2 is 2.05 bits per heavy atom. The Morgan fingerprint density at radius 1 is 1.21 bits per heavy atom. The van der Waals surface area contributed by atoms with Crippen molar-refractivity contribution in [1.29, 1.82) is 0 Å². The zero-order chi connectivity index (χ0) is 13.1. The molecule has 100 valence electrons. The Balaban J connectivity index is 1.80. The second-order valence-electron chi connectivity index (χ2n) is 4.57. The molecular formula is C14H17N3OS. The van der Waals surface area contributed by atoms with E-state index in [1.165, 1.54) is 5.56 Å². The lowest BCUT2D eigenvalue weighted by Crippen LogP contribution is -2.08. The van der Waals surface area contributed by atoms with Gasteiger partial charge in [0.15, 0.2) is 0 Å². The average molecular weight is 275 g/mol. The second kappa shape index (κ2) is 5.65. The zero-order valence-corrected chi connectivity index (χ0v) is 11.8. The third-order valence-electron chi connectivity index (χ3n) is 3.35. The molecule has 0 radical (unpaired) electrons. The number of aromatic nitrogens is 3. The molecular weight excluding hydrogens is 258 g/mol. The number of benzene rings is 1. The van der Waals surface area contributed by atoms with Crippen LogP contribution in [0.1, 0.15) is 17.2 Å². The molecule has 0 spiro atoms. The highest BCUT2D eigenvalue weighted by atomic mass is 32.2. The first kappa shape index (κ1) is 12.5. The van der Waals surface area contributed by atoms with Crippen molar-refractivity contribution in [1.82, 2.24) is 14.8 Å². The predicted octanol–water partition coefficient (Wildman–Crippen LogP) is 2.17. The monoisotopic (exact) mass is 275 g/mol. The van der Waals surface area contributed by atoms with Gasteiger partial charge in [-0.1, -0.05) is 12.1 Å². The van der Waals surface area contributed by atoms with Crippen LogP contribution in [0.15, 0.2) is 24.3 Å². The summed E-state index contributed by atoms with van der Waals surface area (Å²) in [5.41, 5.74) is 1.24. The van der Waals surface area contributed by atoms with Gasteiger partial charge >= 0.3 is 0 Å². The van der Waals surface area contributed by atoms with Gasteiger partial charge in [-0.2, -0.15) is 11.8 Å². The molecule has 19 heavy (non-hydrogen) atoms. The van der Waals surface area contributed by atoms with Crippen LogP contribution in [0, 0.1) is 0 Å². The lowest BCUT2D eigenvalue weighted by molar-refractivity contribution is 0.414. The van der Waals surface area contributed by atoms with E-state index in [4.69, 9.17) is 4.74 Å². The summed E-state index contributed by atoms with van der Waals surface area (Å²) in [6.45, 7) is 1.03. The van der Waals surface area contributed by atoms with Crippen LogP contribution in [0.25, 0.3) is 0 Å². The van der Waals surface area contributed by atoms with Crippen LogP contribution in [0.5, 0.6) is 5.75 Å². The average Bonchev–Trinajstić information content (AvgIpc) is 2.68. The topological polar surface area (TPSA) is 39.9 Å². The molecule has 1 aliphatic heterocycles. The number of hydrogen-bond acceptors (Lipinski definition) is 4. The molecule has 5 heteroatoms. The van der Waals surface area contributed by atoms with Gasteiger partial charge in [-0.05, 0) is 17.7 Å². The summed E-state index contributed by atoms with van der Waals surface area (Å²) < 4.78 is 7.46. The van der Waals surface area contributed by atoms with Crippen molar-refractivity contribution in [2.45, 2.75) is 19.4 Å². The van der Waals surface area contributed by atoms with E-state index in [0.29, 0.717) is 0 Å². The molecule has 0 amide bonds. The molecule has 2 heterocycles. The van der Waals surface area contributed by atoms with Gasteiger partial charge in [0.1, 0.15) is 17.4 Å². The molecule has 1 aromatic heterocycles. The lowest BCUT2D eigenvalue weighted by Gasteiger charge is -2.07. The van der Waals surface area contributed by atoms with Crippen LogP contribution in [0.2, 0.25) is 0 Å². The summed E-state index contributed by atoms with van der Waals surface area (Å²) in [5.74, 6) is 5.40. The maximum atomic E-state index is 5.18. The first-order valence-corrected chi connectivity index (χ1v) is 7.64. The fourth-order valence-corrected chi connectivity index (χ4v) is 3.14. The number of fused-ring (bicyclic) bond motifs is 1. The van der Waals surface area contributed by atoms with Gasteiger partial charge in [0.05, 0.1) is 7.11 Å². The van der Waals surface area contributed by atoms with Crippen LogP contribution < -0.4 is 4.74 Å². The summed E-state index contributed by atoms with van der Waals surface area (Å²) in [6, 6.07) is 8.16. The quantitative estimate of drug-likeness (QED) is 0.860. The van der Waals surface area contributed by atoms with Gasteiger partial charge in [0.25, 0.3) is 0 Å². The first-order valence-electron chi connectivity index (χ1n) is 6.48.